The van der Waals surface area contributed by atoms with Gasteiger partial charge in [0.1, 0.15) is 5.69 Å². The van der Waals surface area contributed by atoms with E-state index in [0.717, 1.165) is 53.3 Å². The minimum atomic E-state index is 0.268. The van der Waals surface area contributed by atoms with Gasteiger partial charge in [0.25, 0.3) is 0 Å². The van der Waals surface area contributed by atoms with Crippen molar-refractivity contribution >= 4 is 33.2 Å². The van der Waals surface area contributed by atoms with Gasteiger partial charge in [-0.1, -0.05) is 68.4 Å². The number of rotatable bonds is 6. The number of benzene rings is 1. The number of hydrogen-bond donors (Lipinski definition) is 1. The van der Waals surface area contributed by atoms with Crippen molar-refractivity contribution in [2.45, 2.75) is 52.0 Å². The fraction of sp³-hybridized carbons (Fsp3) is 0.542. The molecule has 2 fully saturated rings. The molecule has 0 radical (unpaired) electrons. The lowest BCUT2D eigenvalue weighted by atomic mass is 10.1. The molecule has 1 aliphatic carbocycles. The normalized spacial score (nSPS) is 17.6. The van der Waals surface area contributed by atoms with E-state index in [1.165, 1.54) is 25.7 Å². The predicted molar refractivity (Wildman–Crippen MR) is 130 cm³/mol. The fourth-order valence-electron chi connectivity index (χ4n) is 4.68. The zero-order chi connectivity index (χ0) is 22.1. The van der Waals surface area contributed by atoms with E-state index < -0.39 is 0 Å². The van der Waals surface area contributed by atoms with Crippen molar-refractivity contribution in [3.05, 3.63) is 30.3 Å². The molecule has 0 spiro atoms. The molecule has 1 aromatic carbocycles. The molecule has 2 aliphatic rings. The Bertz CT molecular complexity index is 1060. The van der Waals surface area contributed by atoms with Crippen molar-refractivity contribution in [1.82, 2.24) is 19.5 Å². The van der Waals surface area contributed by atoms with Gasteiger partial charge in [-0.3, -0.25) is 4.79 Å². The van der Waals surface area contributed by atoms with E-state index in [0.29, 0.717) is 18.4 Å². The summed E-state index contributed by atoms with van der Waals surface area (Å²) in [7, 11) is 0. The maximum atomic E-state index is 12.4. The van der Waals surface area contributed by atoms with Crippen LogP contribution < -0.4 is 10.2 Å². The smallest absolute Gasteiger partial charge is 0.222 e. The van der Waals surface area contributed by atoms with Gasteiger partial charge in [0.05, 0.1) is 0 Å². The van der Waals surface area contributed by atoms with E-state index in [9.17, 15) is 4.79 Å². The summed E-state index contributed by atoms with van der Waals surface area (Å²) >= 11 is 1.63. The lowest BCUT2D eigenvalue weighted by Crippen LogP contribution is -2.49. The maximum Gasteiger partial charge on any atom is 0.222 e. The molecule has 3 aromatic rings. The van der Waals surface area contributed by atoms with Crippen LogP contribution in [-0.4, -0.2) is 57.6 Å². The summed E-state index contributed by atoms with van der Waals surface area (Å²) in [5, 5.41) is 9.72. The quantitative estimate of drug-likeness (QED) is 0.596. The highest BCUT2D eigenvalue weighted by atomic mass is 32.1. The number of amides is 1. The second kappa shape index (κ2) is 9.10. The molecule has 1 aliphatic heterocycles. The van der Waals surface area contributed by atoms with E-state index >= 15 is 0 Å². The summed E-state index contributed by atoms with van der Waals surface area (Å²) in [6.45, 7) is 7.35. The second-order valence-corrected chi connectivity index (χ2v) is 10.3. The molecule has 32 heavy (non-hydrogen) atoms. The van der Waals surface area contributed by atoms with E-state index in [-0.39, 0.29) is 5.91 Å². The summed E-state index contributed by atoms with van der Waals surface area (Å²) in [5.74, 6) is 1.67. The summed E-state index contributed by atoms with van der Waals surface area (Å²) < 4.78 is 2.00. The number of fused-ring (bicyclic) bond motifs is 1. The van der Waals surface area contributed by atoms with Crippen LogP contribution in [0.25, 0.3) is 16.2 Å². The molecule has 1 N–H and O–H groups in total. The average Bonchev–Trinajstić information content (AvgIpc) is 3.52. The average molecular weight is 453 g/mol. The molecular weight excluding hydrogens is 420 g/mol. The number of carbonyl (C=O) groups is 1. The van der Waals surface area contributed by atoms with Crippen LogP contribution in [0, 0.1) is 5.92 Å². The molecule has 0 bridgehead atoms. The molecule has 7 nitrogen and oxygen atoms in total. The van der Waals surface area contributed by atoms with Gasteiger partial charge in [-0.2, -0.15) is 4.52 Å². The fourth-order valence-corrected chi connectivity index (χ4v) is 5.63. The Kier molecular flexibility index (Phi) is 6.04. The number of imidazole rings is 1. The summed E-state index contributed by atoms with van der Waals surface area (Å²) in [6.07, 6.45) is 5.59. The highest BCUT2D eigenvalue weighted by Gasteiger charge is 2.26. The lowest BCUT2D eigenvalue weighted by Gasteiger charge is -2.34. The molecule has 5 rings (SSSR count). The van der Waals surface area contributed by atoms with Crippen LogP contribution in [0.5, 0.6) is 0 Å². The molecule has 1 saturated heterocycles. The number of piperazine rings is 1. The minimum Gasteiger partial charge on any atom is -0.365 e. The van der Waals surface area contributed by atoms with Crippen LogP contribution >= 0.6 is 11.3 Å². The van der Waals surface area contributed by atoms with Crippen LogP contribution in [0.15, 0.2) is 30.3 Å². The summed E-state index contributed by atoms with van der Waals surface area (Å²) in [4.78, 5) is 22.6. The molecule has 3 heterocycles. The third-order valence-electron chi connectivity index (χ3n) is 6.42. The Hall–Kier alpha value is -2.61. The van der Waals surface area contributed by atoms with Crippen LogP contribution in [0.2, 0.25) is 0 Å². The Morgan fingerprint density at radius 2 is 1.84 bits per heavy atom. The molecule has 0 unspecified atom stereocenters. The maximum absolute atomic E-state index is 12.4. The van der Waals surface area contributed by atoms with Crippen molar-refractivity contribution in [1.29, 1.82) is 0 Å². The van der Waals surface area contributed by atoms with Gasteiger partial charge in [-0.15, -0.1) is 5.10 Å². The third kappa shape index (κ3) is 4.33. The first-order chi connectivity index (χ1) is 15.6. The van der Waals surface area contributed by atoms with E-state index in [1.807, 2.05) is 15.5 Å². The highest BCUT2D eigenvalue weighted by molar-refractivity contribution is 7.20. The van der Waals surface area contributed by atoms with Crippen molar-refractivity contribution in [2.75, 3.05) is 36.4 Å². The first kappa shape index (κ1) is 21.2. The van der Waals surface area contributed by atoms with Crippen molar-refractivity contribution in [3.63, 3.8) is 0 Å². The molecule has 2 aromatic heterocycles. The van der Waals surface area contributed by atoms with Crippen molar-refractivity contribution in [2.24, 2.45) is 5.92 Å². The monoisotopic (exact) mass is 452 g/mol. The number of anilines is 2. The van der Waals surface area contributed by atoms with Crippen LogP contribution in [0.3, 0.4) is 0 Å². The Labute approximate surface area is 193 Å². The molecule has 8 heteroatoms. The lowest BCUT2D eigenvalue weighted by molar-refractivity contribution is -0.132. The van der Waals surface area contributed by atoms with Crippen LogP contribution in [0.4, 0.5) is 10.9 Å². The predicted octanol–water partition coefficient (Wildman–Crippen LogP) is 4.51. The standard InChI is InChI=1S/C24H32N6OS/c1-17(2)16-20(31)28-12-14-29(15-13-28)24-27-30-22(25-19-10-6-7-11-19)21(26-23(30)32-24)18-8-4-3-5-9-18/h3-5,8-9,17,19,25H,6-7,10-16H2,1-2H3. The first-order valence-corrected chi connectivity index (χ1v) is 12.6. The van der Waals surface area contributed by atoms with Gasteiger partial charge < -0.3 is 15.1 Å². The topological polar surface area (TPSA) is 65.8 Å². The zero-order valence-corrected chi connectivity index (χ0v) is 19.8. The van der Waals surface area contributed by atoms with E-state index in [2.05, 4.69) is 48.3 Å². The number of hydrogen-bond acceptors (Lipinski definition) is 6. The van der Waals surface area contributed by atoms with Crippen LogP contribution in [0.1, 0.15) is 46.0 Å². The number of nitrogens with zero attached hydrogens (tertiary/aromatic N) is 5. The van der Waals surface area contributed by atoms with Gasteiger partial charge in [0, 0.05) is 44.2 Å². The SMILES string of the molecule is CC(C)CC(=O)N1CCN(c2nn3c(NC4CCCC4)c(-c4ccccc4)nc3s2)CC1. The van der Waals surface area contributed by atoms with Crippen molar-refractivity contribution in [3.8, 4) is 11.3 Å². The van der Waals surface area contributed by atoms with E-state index in [4.69, 9.17) is 10.1 Å². The highest BCUT2D eigenvalue weighted by Crippen LogP contribution is 2.35. The molecule has 1 saturated carbocycles. The van der Waals surface area contributed by atoms with E-state index in [1.54, 1.807) is 11.3 Å². The van der Waals surface area contributed by atoms with Gasteiger partial charge in [0.2, 0.25) is 16.0 Å². The third-order valence-corrected chi connectivity index (χ3v) is 7.39. The second-order valence-electron chi connectivity index (χ2n) is 9.35. The van der Waals surface area contributed by atoms with Crippen molar-refractivity contribution < 1.29 is 4.79 Å². The Balaban J connectivity index is 1.38. The van der Waals surface area contributed by atoms with Gasteiger partial charge >= 0.3 is 0 Å². The van der Waals surface area contributed by atoms with Gasteiger partial charge in [-0.05, 0) is 18.8 Å². The Morgan fingerprint density at radius 1 is 1.12 bits per heavy atom. The number of nitrogens with one attached hydrogen (secondary N) is 1. The largest absolute Gasteiger partial charge is 0.365 e. The summed E-state index contributed by atoms with van der Waals surface area (Å²) in [5.41, 5.74) is 2.09. The van der Waals surface area contributed by atoms with Crippen LogP contribution in [-0.2, 0) is 4.79 Å². The molecule has 1 amide bonds. The number of aromatic nitrogens is 3. The van der Waals surface area contributed by atoms with Gasteiger partial charge in [-0.25, -0.2) is 4.98 Å². The zero-order valence-electron chi connectivity index (χ0n) is 19.0. The minimum absolute atomic E-state index is 0.268. The molecule has 170 valence electrons. The molecular formula is C24H32N6OS. The Morgan fingerprint density at radius 3 is 2.53 bits per heavy atom. The first-order valence-electron chi connectivity index (χ1n) is 11.8. The molecule has 0 atom stereocenters. The summed E-state index contributed by atoms with van der Waals surface area (Å²) in [6, 6.07) is 10.9. The number of carbonyl (C=O) groups excluding carboxylic acids is 1. The van der Waals surface area contributed by atoms with Gasteiger partial charge in [0.15, 0.2) is 5.82 Å².